The van der Waals surface area contributed by atoms with Crippen molar-refractivity contribution in [1.29, 1.82) is 0 Å². The van der Waals surface area contributed by atoms with E-state index in [0.717, 1.165) is 26.2 Å². The summed E-state index contributed by atoms with van der Waals surface area (Å²) < 4.78 is 4.57. The van der Waals surface area contributed by atoms with Crippen molar-refractivity contribution in [1.82, 2.24) is 9.80 Å². The molecule has 0 aliphatic carbocycles. The van der Waals surface area contributed by atoms with Gasteiger partial charge in [0, 0.05) is 32.7 Å². The van der Waals surface area contributed by atoms with Gasteiger partial charge in [-0.15, -0.1) is 0 Å². The maximum absolute atomic E-state index is 11.1. The topological polar surface area (TPSA) is 58.8 Å². The molecule has 5 heteroatoms. The average molecular weight is 201 g/mol. The van der Waals surface area contributed by atoms with E-state index in [-0.39, 0.29) is 5.97 Å². The van der Waals surface area contributed by atoms with Crippen molar-refractivity contribution in [3.05, 3.63) is 0 Å². The Bertz CT molecular complexity index is 190. The van der Waals surface area contributed by atoms with Crippen molar-refractivity contribution in [2.45, 2.75) is 6.04 Å². The molecule has 82 valence electrons. The lowest BCUT2D eigenvalue weighted by atomic mass is 10.2. The number of carbonyl (C=O) groups is 1. The highest BCUT2D eigenvalue weighted by Crippen LogP contribution is 2.00. The van der Waals surface area contributed by atoms with Crippen LogP contribution >= 0.6 is 0 Å². The van der Waals surface area contributed by atoms with Gasteiger partial charge in [0.1, 0.15) is 6.04 Å². The third-order valence-electron chi connectivity index (χ3n) is 2.55. The lowest BCUT2D eigenvalue weighted by molar-refractivity contribution is -0.142. The molecule has 0 saturated carbocycles. The zero-order valence-electron chi connectivity index (χ0n) is 8.90. The first-order valence-electron chi connectivity index (χ1n) is 4.88. The van der Waals surface area contributed by atoms with E-state index in [9.17, 15) is 4.79 Å². The van der Waals surface area contributed by atoms with Crippen molar-refractivity contribution in [2.75, 3.05) is 46.9 Å². The number of rotatable bonds is 3. The molecule has 1 atom stereocenters. The molecule has 0 amide bonds. The molecular formula is C9H19N3O2. The third kappa shape index (κ3) is 3.25. The Balaban J connectivity index is 2.27. The zero-order chi connectivity index (χ0) is 10.6. The molecule has 0 bridgehead atoms. The van der Waals surface area contributed by atoms with Crippen molar-refractivity contribution < 1.29 is 9.53 Å². The first-order chi connectivity index (χ1) is 6.63. The number of ether oxygens (including phenoxy) is 1. The van der Waals surface area contributed by atoms with Gasteiger partial charge in [-0.25, -0.2) is 0 Å². The van der Waals surface area contributed by atoms with E-state index < -0.39 is 6.04 Å². The minimum absolute atomic E-state index is 0.330. The summed E-state index contributed by atoms with van der Waals surface area (Å²) in [7, 11) is 3.46. The van der Waals surface area contributed by atoms with E-state index in [2.05, 4.69) is 21.6 Å². The molecule has 5 nitrogen and oxygen atoms in total. The predicted molar refractivity (Wildman–Crippen MR) is 53.9 cm³/mol. The molecular weight excluding hydrogens is 182 g/mol. The summed E-state index contributed by atoms with van der Waals surface area (Å²) in [5.41, 5.74) is 5.66. The molecule has 1 heterocycles. The van der Waals surface area contributed by atoms with Crippen LogP contribution in [0.3, 0.4) is 0 Å². The van der Waals surface area contributed by atoms with Crippen LogP contribution in [0.1, 0.15) is 0 Å². The van der Waals surface area contributed by atoms with Crippen LogP contribution in [0.5, 0.6) is 0 Å². The first-order valence-corrected chi connectivity index (χ1v) is 4.88. The Morgan fingerprint density at radius 1 is 1.43 bits per heavy atom. The summed E-state index contributed by atoms with van der Waals surface area (Å²) in [5, 5.41) is 0. The van der Waals surface area contributed by atoms with E-state index in [1.807, 2.05) is 0 Å². The summed E-state index contributed by atoms with van der Waals surface area (Å²) in [6, 6.07) is -0.511. The highest BCUT2D eigenvalue weighted by molar-refractivity contribution is 5.75. The largest absolute Gasteiger partial charge is 0.468 e. The number of esters is 1. The summed E-state index contributed by atoms with van der Waals surface area (Å²) in [5.74, 6) is -0.330. The van der Waals surface area contributed by atoms with Crippen LogP contribution in [0, 0.1) is 0 Å². The molecule has 1 fully saturated rings. The number of carbonyl (C=O) groups excluding carboxylic acids is 1. The standard InChI is InChI=1S/C9H19N3O2/c1-11-3-5-12(6-4-11)7-8(10)9(13)14-2/h8H,3-7,10H2,1-2H3. The van der Waals surface area contributed by atoms with Crippen LogP contribution in [-0.4, -0.2) is 68.7 Å². The summed E-state index contributed by atoms with van der Waals surface area (Å²) >= 11 is 0. The Morgan fingerprint density at radius 3 is 2.50 bits per heavy atom. The maximum Gasteiger partial charge on any atom is 0.323 e. The second-order valence-electron chi connectivity index (χ2n) is 3.73. The molecule has 0 aromatic carbocycles. The van der Waals surface area contributed by atoms with Gasteiger partial charge in [-0.1, -0.05) is 0 Å². The fourth-order valence-corrected chi connectivity index (χ4v) is 1.53. The van der Waals surface area contributed by atoms with Gasteiger partial charge in [0.15, 0.2) is 0 Å². The molecule has 0 radical (unpaired) electrons. The summed E-state index contributed by atoms with van der Waals surface area (Å²) in [6.45, 7) is 4.62. The van der Waals surface area contributed by atoms with E-state index in [1.54, 1.807) is 0 Å². The van der Waals surface area contributed by atoms with Gasteiger partial charge in [-0.3, -0.25) is 9.69 Å². The lowest BCUT2D eigenvalue weighted by Crippen LogP contribution is -2.50. The molecule has 1 unspecified atom stereocenters. The predicted octanol–water partition coefficient (Wildman–Crippen LogP) is -1.27. The lowest BCUT2D eigenvalue weighted by Gasteiger charge is -2.33. The van der Waals surface area contributed by atoms with E-state index in [4.69, 9.17) is 5.73 Å². The zero-order valence-corrected chi connectivity index (χ0v) is 8.90. The van der Waals surface area contributed by atoms with Crippen molar-refractivity contribution in [3.8, 4) is 0 Å². The summed E-state index contributed by atoms with van der Waals surface area (Å²) in [6.07, 6.45) is 0. The monoisotopic (exact) mass is 201 g/mol. The van der Waals surface area contributed by atoms with Crippen LogP contribution in [0.4, 0.5) is 0 Å². The summed E-state index contributed by atoms with van der Waals surface area (Å²) in [4.78, 5) is 15.5. The fraction of sp³-hybridized carbons (Fsp3) is 0.889. The van der Waals surface area contributed by atoms with E-state index >= 15 is 0 Å². The Labute approximate surface area is 84.8 Å². The molecule has 1 rings (SSSR count). The van der Waals surface area contributed by atoms with Crippen LogP contribution in [0.25, 0.3) is 0 Å². The number of methoxy groups -OCH3 is 1. The third-order valence-corrected chi connectivity index (χ3v) is 2.55. The van der Waals surface area contributed by atoms with Crippen LogP contribution in [0.15, 0.2) is 0 Å². The maximum atomic E-state index is 11.1. The van der Waals surface area contributed by atoms with E-state index in [0.29, 0.717) is 6.54 Å². The number of nitrogens with two attached hydrogens (primary N) is 1. The first kappa shape index (κ1) is 11.4. The van der Waals surface area contributed by atoms with Gasteiger partial charge in [0.05, 0.1) is 7.11 Å². The second-order valence-corrected chi connectivity index (χ2v) is 3.73. The van der Waals surface area contributed by atoms with Crippen molar-refractivity contribution in [3.63, 3.8) is 0 Å². The molecule has 1 aliphatic heterocycles. The number of hydrogen-bond acceptors (Lipinski definition) is 5. The number of nitrogens with zero attached hydrogens (tertiary/aromatic N) is 2. The number of hydrogen-bond donors (Lipinski definition) is 1. The van der Waals surface area contributed by atoms with Crippen LogP contribution in [-0.2, 0) is 9.53 Å². The molecule has 0 aromatic heterocycles. The molecule has 1 aliphatic rings. The van der Waals surface area contributed by atoms with Gasteiger partial charge in [-0.05, 0) is 7.05 Å². The van der Waals surface area contributed by atoms with Gasteiger partial charge < -0.3 is 15.4 Å². The van der Waals surface area contributed by atoms with E-state index in [1.165, 1.54) is 7.11 Å². The van der Waals surface area contributed by atoms with Gasteiger partial charge in [0.25, 0.3) is 0 Å². The van der Waals surface area contributed by atoms with Gasteiger partial charge in [0.2, 0.25) is 0 Å². The van der Waals surface area contributed by atoms with Crippen LogP contribution in [0.2, 0.25) is 0 Å². The van der Waals surface area contributed by atoms with Crippen LogP contribution < -0.4 is 5.73 Å². The molecule has 0 aromatic rings. The Hall–Kier alpha value is -0.650. The SMILES string of the molecule is COC(=O)C(N)CN1CCN(C)CC1. The fourth-order valence-electron chi connectivity index (χ4n) is 1.53. The van der Waals surface area contributed by atoms with Gasteiger partial charge in [-0.2, -0.15) is 0 Å². The van der Waals surface area contributed by atoms with Crippen molar-refractivity contribution in [2.24, 2.45) is 5.73 Å². The van der Waals surface area contributed by atoms with Gasteiger partial charge >= 0.3 is 5.97 Å². The smallest absolute Gasteiger partial charge is 0.323 e. The second kappa shape index (κ2) is 5.29. The quantitative estimate of drug-likeness (QED) is 0.577. The molecule has 2 N–H and O–H groups in total. The Morgan fingerprint density at radius 2 is 2.00 bits per heavy atom. The highest BCUT2D eigenvalue weighted by Gasteiger charge is 2.20. The molecule has 1 saturated heterocycles. The average Bonchev–Trinajstić information content (AvgIpc) is 2.20. The molecule has 0 spiro atoms. The number of piperazine rings is 1. The molecule has 14 heavy (non-hydrogen) atoms. The highest BCUT2D eigenvalue weighted by atomic mass is 16.5. The number of likely N-dealkylation sites (N-methyl/N-ethyl adjacent to an activating group) is 1. The minimum atomic E-state index is -0.511. The minimum Gasteiger partial charge on any atom is -0.468 e. The van der Waals surface area contributed by atoms with Crippen molar-refractivity contribution >= 4 is 5.97 Å². The normalized spacial score (nSPS) is 21.9. The Kier molecular flexibility index (Phi) is 4.31.